The highest BCUT2D eigenvalue weighted by molar-refractivity contribution is 5.47. The smallest absolute Gasteiger partial charge is 0.133 e. The molecule has 0 saturated heterocycles. The minimum Gasteiger partial charge on any atom is -0.379 e. The second-order valence-electron chi connectivity index (χ2n) is 3.47. The van der Waals surface area contributed by atoms with E-state index in [2.05, 4.69) is 16.5 Å². The van der Waals surface area contributed by atoms with Crippen LogP contribution in [0.3, 0.4) is 0 Å². The van der Waals surface area contributed by atoms with E-state index in [0.29, 0.717) is 12.1 Å². The average Bonchev–Trinajstić information content (AvgIpc) is 2.73. The van der Waals surface area contributed by atoms with Crippen LogP contribution in [-0.4, -0.2) is 5.16 Å². The number of nitrogens with zero attached hydrogens (tertiary/aromatic N) is 2. The van der Waals surface area contributed by atoms with Crippen LogP contribution in [0.1, 0.15) is 17.0 Å². The van der Waals surface area contributed by atoms with E-state index >= 15 is 0 Å². The minimum absolute atomic E-state index is 0.614. The summed E-state index contributed by atoms with van der Waals surface area (Å²) in [5.41, 5.74) is 2.48. The monoisotopic (exact) mass is 213 g/mol. The molecule has 1 aromatic carbocycles. The molecule has 2 rings (SSSR count). The second kappa shape index (κ2) is 4.49. The number of hydrogen-bond donors (Lipinski definition) is 1. The zero-order chi connectivity index (χ0) is 11.4. The van der Waals surface area contributed by atoms with Gasteiger partial charge < -0.3 is 9.84 Å². The highest BCUT2D eigenvalue weighted by atomic mass is 16.5. The van der Waals surface area contributed by atoms with E-state index in [1.54, 1.807) is 12.1 Å². The molecule has 4 nitrogen and oxygen atoms in total. The zero-order valence-electron chi connectivity index (χ0n) is 8.90. The number of rotatable bonds is 3. The first-order valence-corrected chi connectivity index (χ1v) is 4.94. The van der Waals surface area contributed by atoms with Crippen molar-refractivity contribution in [3.63, 3.8) is 0 Å². The van der Waals surface area contributed by atoms with Gasteiger partial charge in [-0.05, 0) is 31.2 Å². The van der Waals surface area contributed by atoms with Crippen LogP contribution in [0.15, 0.2) is 34.9 Å². The first-order valence-electron chi connectivity index (χ1n) is 4.94. The maximum atomic E-state index is 8.65. The Kier molecular flexibility index (Phi) is 2.88. The molecule has 2 aromatic rings. The Morgan fingerprint density at radius 1 is 1.38 bits per heavy atom. The van der Waals surface area contributed by atoms with Gasteiger partial charge in [0.25, 0.3) is 0 Å². The van der Waals surface area contributed by atoms with Crippen LogP contribution < -0.4 is 5.32 Å². The lowest BCUT2D eigenvalue weighted by Gasteiger charge is -2.02. The number of nitrogens with one attached hydrogen (secondary N) is 1. The molecule has 1 N–H and O–H groups in total. The third-order valence-electron chi connectivity index (χ3n) is 2.16. The first kappa shape index (κ1) is 10.2. The molecule has 4 heteroatoms. The molecule has 0 atom stereocenters. The summed E-state index contributed by atoms with van der Waals surface area (Å²) in [4.78, 5) is 0. The topological polar surface area (TPSA) is 61.9 Å². The molecule has 1 heterocycles. The third-order valence-corrected chi connectivity index (χ3v) is 2.16. The fourth-order valence-electron chi connectivity index (χ4n) is 1.36. The Balaban J connectivity index is 1.97. The molecule has 0 fully saturated rings. The molecular formula is C12H11N3O. The number of aryl methyl sites for hydroxylation is 1. The van der Waals surface area contributed by atoms with Crippen molar-refractivity contribution in [1.29, 1.82) is 5.26 Å². The molecule has 1 aromatic heterocycles. The Morgan fingerprint density at radius 3 is 2.69 bits per heavy atom. The molecule has 0 aliphatic heterocycles. The molecule has 0 unspecified atom stereocenters. The van der Waals surface area contributed by atoms with E-state index in [4.69, 9.17) is 9.78 Å². The van der Waals surface area contributed by atoms with Gasteiger partial charge in [0, 0.05) is 11.8 Å². The molecule has 0 spiro atoms. The van der Waals surface area contributed by atoms with Crippen molar-refractivity contribution in [3.05, 3.63) is 47.3 Å². The van der Waals surface area contributed by atoms with Crippen LogP contribution in [0.5, 0.6) is 0 Å². The molecule has 0 aliphatic rings. The molecular weight excluding hydrogens is 202 g/mol. The van der Waals surface area contributed by atoms with Crippen LogP contribution in [0, 0.1) is 18.3 Å². The van der Waals surface area contributed by atoms with Gasteiger partial charge in [-0.15, -0.1) is 0 Å². The maximum absolute atomic E-state index is 8.65. The second-order valence-corrected chi connectivity index (χ2v) is 3.47. The molecule has 0 bridgehead atoms. The lowest BCUT2D eigenvalue weighted by Crippen LogP contribution is -1.99. The van der Waals surface area contributed by atoms with E-state index in [1.807, 2.05) is 25.1 Å². The average molecular weight is 213 g/mol. The van der Waals surface area contributed by atoms with Crippen molar-refractivity contribution >= 4 is 5.69 Å². The summed E-state index contributed by atoms with van der Waals surface area (Å²) < 4.78 is 4.96. The summed E-state index contributed by atoms with van der Waals surface area (Å²) in [5, 5.41) is 15.7. The quantitative estimate of drug-likeness (QED) is 0.850. The Bertz CT molecular complexity index is 508. The summed E-state index contributed by atoms with van der Waals surface area (Å²) >= 11 is 0. The normalized spacial score (nSPS) is 9.75. The third kappa shape index (κ3) is 2.39. The van der Waals surface area contributed by atoms with Gasteiger partial charge in [-0.2, -0.15) is 5.26 Å². The Labute approximate surface area is 93.5 Å². The highest BCUT2D eigenvalue weighted by Crippen LogP contribution is 2.10. The molecule has 0 amide bonds. The molecule has 80 valence electrons. The van der Waals surface area contributed by atoms with E-state index in [9.17, 15) is 0 Å². The van der Waals surface area contributed by atoms with Crippen LogP contribution in [0.25, 0.3) is 0 Å². The summed E-state index contributed by atoms with van der Waals surface area (Å²) in [6.45, 7) is 2.47. The summed E-state index contributed by atoms with van der Waals surface area (Å²) in [6, 6.07) is 11.2. The van der Waals surface area contributed by atoms with Gasteiger partial charge in [0.15, 0.2) is 0 Å². The van der Waals surface area contributed by atoms with Crippen LogP contribution in [0.4, 0.5) is 5.69 Å². The van der Waals surface area contributed by atoms with Crippen molar-refractivity contribution < 1.29 is 4.52 Å². The molecule has 16 heavy (non-hydrogen) atoms. The summed E-state index contributed by atoms with van der Waals surface area (Å²) in [7, 11) is 0. The number of benzene rings is 1. The van der Waals surface area contributed by atoms with Gasteiger partial charge >= 0.3 is 0 Å². The van der Waals surface area contributed by atoms with Gasteiger partial charge in [-0.1, -0.05) is 5.16 Å². The van der Waals surface area contributed by atoms with Gasteiger partial charge in [0.1, 0.15) is 11.5 Å². The molecule has 0 radical (unpaired) electrons. The predicted octanol–water partition coefficient (Wildman–Crippen LogP) is 2.47. The predicted molar refractivity (Wildman–Crippen MR) is 59.7 cm³/mol. The van der Waals surface area contributed by atoms with Crippen LogP contribution >= 0.6 is 0 Å². The lowest BCUT2D eigenvalue weighted by molar-refractivity contribution is 0.391. The number of hydrogen-bond acceptors (Lipinski definition) is 4. The van der Waals surface area contributed by atoms with Crippen molar-refractivity contribution in [2.75, 3.05) is 5.32 Å². The van der Waals surface area contributed by atoms with Gasteiger partial charge in [0.2, 0.25) is 0 Å². The lowest BCUT2D eigenvalue weighted by atomic mass is 10.2. The van der Waals surface area contributed by atoms with Gasteiger partial charge in [-0.3, -0.25) is 0 Å². The van der Waals surface area contributed by atoms with Crippen molar-refractivity contribution in [2.45, 2.75) is 13.5 Å². The minimum atomic E-state index is 0.614. The SMILES string of the molecule is Cc1cc(CNc2ccc(C#N)cc2)no1. The highest BCUT2D eigenvalue weighted by Gasteiger charge is 1.99. The van der Waals surface area contributed by atoms with Gasteiger partial charge in [-0.25, -0.2) is 0 Å². The van der Waals surface area contributed by atoms with Crippen LogP contribution in [-0.2, 0) is 6.54 Å². The summed E-state index contributed by atoms with van der Waals surface area (Å²) in [6.07, 6.45) is 0. The van der Waals surface area contributed by atoms with E-state index in [0.717, 1.165) is 17.1 Å². The maximum Gasteiger partial charge on any atom is 0.133 e. The fourth-order valence-corrected chi connectivity index (χ4v) is 1.36. The van der Waals surface area contributed by atoms with Crippen molar-refractivity contribution in [2.24, 2.45) is 0 Å². The Hall–Kier alpha value is -2.28. The zero-order valence-corrected chi connectivity index (χ0v) is 8.90. The first-order chi connectivity index (χ1) is 7.78. The largest absolute Gasteiger partial charge is 0.379 e. The van der Waals surface area contributed by atoms with E-state index in [-0.39, 0.29) is 0 Å². The van der Waals surface area contributed by atoms with Gasteiger partial charge in [0.05, 0.1) is 18.2 Å². The molecule has 0 aliphatic carbocycles. The number of aromatic nitrogens is 1. The van der Waals surface area contributed by atoms with E-state index < -0.39 is 0 Å². The van der Waals surface area contributed by atoms with Crippen molar-refractivity contribution in [1.82, 2.24) is 5.16 Å². The molecule has 0 saturated carbocycles. The number of nitriles is 1. The van der Waals surface area contributed by atoms with Crippen molar-refractivity contribution in [3.8, 4) is 6.07 Å². The fraction of sp³-hybridized carbons (Fsp3) is 0.167. The van der Waals surface area contributed by atoms with Crippen LogP contribution in [0.2, 0.25) is 0 Å². The van der Waals surface area contributed by atoms with E-state index in [1.165, 1.54) is 0 Å². The number of anilines is 1. The standard InChI is InChI=1S/C12H11N3O/c1-9-6-12(15-16-9)8-14-11-4-2-10(7-13)3-5-11/h2-6,14H,8H2,1H3. The Morgan fingerprint density at radius 2 is 2.12 bits per heavy atom. The summed E-state index contributed by atoms with van der Waals surface area (Å²) in [5.74, 6) is 0.802.